The van der Waals surface area contributed by atoms with Gasteiger partial charge in [0, 0.05) is 6.54 Å². The van der Waals surface area contributed by atoms with E-state index in [0.29, 0.717) is 58.2 Å². The van der Waals surface area contributed by atoms with Crippen LogP contribution in [-0.2, 0) is 28.8 Å². The topological polar surface area (TPSA) is 349 Å². The van der Waals surface area contributed by atoms with Crippen LogP contribution >= 0.6 is 0 Å². The first kappa shape index (κ1) is 43.9. The van der Waals surface area contributed by atoms with Gasteiger partial charge < -0.3 is 65.7 Å². The highest BCUT2D eigenvalue weighted by molar-refractivity contribution is 5.96. The fourth-order valence-corrected chi connectivity index (χ4v) is 4.55. The zero-order chi connectivity index (χ0) is 36.5. The minimum absolute atomic E-state index is 0.0563. The van der Waals surface area contributed by atoms with Crippen molar-refractivity contribution < 1.29 is 33.9 Å². The van der Waals surface area contributed by atoms with Gasteiger partial charge in [0.2, 0.25) is 29.5 Å². The van der Waals surface area contributed by atoms with Gasteiger partial charge in [0.05, 0.1) is 6.54 Å². The van der Waals surface area contributed by atoms with Crippen LogP contribution < -0.4 is 60.6 Å². The van der Waals surface area contributed by atoms with E-state index in [4.69, 9.17) is 34.1 Å². The lowest BCUT2D eigenvalue weighted by Crippen LogP contribution is -2.58. The number of nitrogens with one attached hydrogen (secondary N) is 7. The average Bonchev–Trinajstić information content (AvgIpc) is 3.04. The minimum atomic E-state index is -1.23. The summed E-state index contributed by atoms with van der Waals surface area (Å²) in [6.07, 6.45) is 4.15. The molecule has 0 radical (unpaired) electrons. The Balaban J connectivity index is 5.89. The van der Waals surface area contributed by atoms with E-state index in [-0.39, 0.29) is 51.2 Å². The van der Waals surface area contributed by atoms with Gasteiger partial charge in [-0.3, -0.25) is 29.4 Å². The standard InChI is InChI=1S/C29H58N12O7/c1-18(24(43)41-22(28(47)48)11-4-7-15-32)37-25(44)21(12-8-16-36-29(34)35)40-27(46)20(10-3-6-14-31)39-26(45)19(9-2-5-13-30)38-23(42)17-33/h18-22H,2-17,30-33H2,1H3,(H,37,44)(H,38,42)(H,39,45)(H,40,46)(H,41,43)(H,47,48)(H4,34,35,36). The molecule has 5 unspecified atom stereocenters. The van der Waals surface area contributed by atoms with E-state index in [1.54, 1.807) is 0 Å². The summed E-state index contributed by atoms with van der Waals surface area (Å²) in [5.74, 6) is -4.83. The molecule has 5 amide bonds. The van der Waals surface area contributed by atoms with Crippen LogP contribution in [0.5, 0.6) is 0 Å². The number of carboxylic acids is 1. The summed E-state index contributed by atoms with van der Waals surface area (Å²) in [6, 6.07) is -5.61. The van der Waals surface area contributed by atoms with Gasteiger partial charge in [-0.25, -0.2) is 4.79 Å². The zero-order valence-corrected chi connectivity index (χ0v) is 28.0. The highest BCUT2D eigenvalue weighted by Crippen LogP contribution is 2.08. The molecule has 0 aromatic carbocycles. The van der Waals surface area contributed by atoms with Crippen molar-refractivity contribution in [1.82, 2.24) is 31.9 Å². The molecule has 5 atom stereocenters. The first-order valence-corrected chi connectivity index (χ1v) is 16.4. The van der Waals surface area contributed by atoms with Crippen molar-refractivity contribution in [2.45, 2.75) is 108 Å². The lowest BCUT2D eigenvalue weighted by Gasteiger charge is -2.26. The highest BCUT2D eigenvalue weighted by atomic mass is 16.4. The van der Waals surface area contributed by atoms with E-state index in [0.717, 1.165) is 0 Å². The molecule has 0 aliphatic carbocycles. The van der Waals surface area contributed by atoms with Crippen LogP contribution in [0.2, 0.25) is 0 Å². The quantitative estimate of drug-likeness (QED) is 0.0224. The third-order valence-corrected chi connectivity index (χ3v) is 7.30. The van der Waals surface area contributed by atoms with E-state index in [1.807, 2.05) is 0 Å². The normalized spacial score (nSPS) is 13.9. The first-order valence-electron chi connectivity index (χ1n) is 16.4. The smallest absolute Gasteiger partial charge is 0.326 e. The molecule has 0 aliphatic heterocycles. The number of carbonyl (C=O) groups excluding carboxylic acids is 5. The molecule has 0 aromatic rings. The maximum atomic E-state index is 13.6. The lowest BCUT2D eigenvalue weighted by atomic mass is 10.0. The number of amides is 5. The van der Waals surface area contributed by atoms with Crippen LogP contribution in [0.3, 0.4) is 0 Å². The Kier molecular flexibility index (Phi) is 23.8. The van der Waals surface area contributed by atoms with Crippen molar-refractivity contribution in [2.24, 2.45) is 28.7 Å². The number of guanidine groups is 1. The maximum absolute atomic E-state index is 13.6. The molecular formula is C29H58N12O7. The number of hydrogen-bond donors (Lipinski definition) is 13. The van der Waals surface area contributed by atoms with Crippen molar-refractivity contribution in [3.63, 3.8) is 0 Å². The van der Waals surface area contributed by atoms with Crippen molar-refractivity contribution in [1.29, 1.82) is 5.41 Å². The van der Waals surface area contributed by atoms with Gasteiger partial charge in [-0.05, 0) is 97.2 Å². The number of nitrogens with two attached hydrogens (primary N) is 5. The maximum Gasteiger partial charge on any atom is 0.326 e. The molecule has 0 rings (SSSR count). The van der Waals surface area contributed by atoms with Crippen molar-refractivity contribution in [3.8, 4) is 0 Å². The van der Waals surface area contributed by atoms with Gasteiger partial charge in [-0.2, -0.15) is 0 Å². The van der Waals surface area contributed by atoms with Crippen LogP contribution in [0.15, 0.2) is 0 Å². The van der Waals surface area contributed by atoms with E-state index >= 15 is 0 Å². The molecule has 0 fully saturated rings. The summed E-state index contributed by atoms with van der Waals surface area (Å²) >= 11 is 0. The first-order chi connectivity index (χ1) is 22.8. The second kappa shape index (κ2) is 26.0. The van der Waals surface area contributed by atoms with Crippen LogP contribution in [-0.4, -0.2) is 110 Å². The molecule has 19 nitrogen and oxygen atoms in total. The number of carboxylic acid groups (broad SMARTS) is 1. The molecule has 0 heterocycles. The van der Waals surface area contributed by atoms with Crippen molar-refractivity contribution >= 4 is 41.5 Å². The Morgan fingerprint density at radius 3 is 1.40 bits per heavy atom. The monoisotopic (exact) mass is 686 g/mol. The third kappa shape index (κ3) is 19.6. The molecule has 19 heteroatoms. The lowest BCUT2D eigenvalue weighted by molar-refractivity contribution is -0.142. The molecule has 0 aliphatic rings. The van der Waals surface area contributed by atoms with Crippen LogP contribution in [0, 0.1) is 5.41 Å². The van der Waals surface area contributed by atoms with Gasteiger partial charge in [0.25, 0.3) is 0 Å². The van der Waals surface area contributed by atoms with E-state index in [2.05, 4.69) is 31.9 Å². The summed E-state index contributed by atoms with van der Waals surface area (Å²) in [4.78, 5) is 76.6. The highest BCUT2D eigenvalue weighted by Gasteiger charge is 2.31. The average molecular weight is 687 g/mol. The SMILES string of the molecule is CC(NC(=O)C(CCCNC(=N)N)NC(=O)C(CCCCN)NC(=O)C(CCCCN)NC(=O)CN)C(=O)NC(CCCCN)C(=O)O. The number of rotatable bonds is 27. The van der Waals surface area contributed by atoms with Gasteiger partial charge in [-0.15, -0.1) is 0 Å². The molecule has 276 valence electrons. The Hall–Kier alpha value is -4.07. The van der Waals surface area contributed by atoms with Crippen molar-refractivity contribution in [3.05, 3.63) is 0 Å². The van der Waals surface area contributed by atoms with Gasteiger partial charge in [0.15, 0.2) is 5.96 Å². The fraction of sp³-hybridized carbons (Fsp3) is 0.759. The molecule has 0 saturated heterocycles. The molecular weight excluding hydrogens is 628 g/mol. The zero-order valence-electron chi connectivity index (χ0n) is 28.0. The Bertz CT molecular complexity index is 1030. The number of carbonyl (C=O) groups is 6. The second-order valence-corrected chi connectivity index (χ2v) is 11.4. The molecule has 0 bridgehead atoms. The molecule has 18 N–H and O–H groups in total. The van der Waals surface area contributed by atoms with Crippen LogP contribution in [0.25, 0.3) is 0 Å². The summed E-state index contributed by atoms with van der Waals surface area (Å²) < 4.78 is 0. The fourth-order valence-electron chi connectivity index (χ4n) is 4.55. The Morgan fingerprint density at radius 2 is 0.979 bits per heavy atom. The predicted molar refractivity (Wildman–Crippen MR) is 180 cm³/mol. The number of hydrogen-bond acceptors (Lipinski definition) is 11. The van der Waals surface area contributed by atoms with Gasteiger partial charge in [-0.1, -0.05) is 0 Å². The van der Waals surface area contributed by atoms with E-state index in [9.17, 15) is 33.9 Å². The minimum Gasteiger partial charge on any atom is -0.480 e. The molecule has 0 spiro atoms. The van der Waals surface area contributed by atoms with Gasteiger partial charge >= 0.3 is 5.97 Å². The third-order valence-electron chi connectivity index (χ3n) is 7.30. The summed E-state index contributed by atoms with van der Waals surface area (Å²) in [7, 11) is 0. The van der Waals surface area contributed by atoms with Gasteiger partial charge in [0.1, 0.15) is 30.2 Å². The number of unbranched alkanes of at least 4 members (excludes halogenated alkanes) is 3. The molecule has 48 heavy (non-hydrogen) atoms. The molecule has 0 aromatic heterocycles. The van der Waals surface area contributed by atoms with Crippen LogP contribution in [0.1, 0.15) is 77.6 Å². The number of aliphatic carboxylic acids is 1. The van der Waals surface area contributed by atoms with E-state index in [1.165, 1.54) is 6.92 Å². The Labute approximate surface area is 281 Å². The summed E-state index contributed by atoms with van der Waals surface area (Å²) in [5.41, 5.74) is 27.4. The summed E-state index contributed by atoms with van der Waals surface area (Å²) in [5, 5.41) is 32.2. The second-order valence-electron chi connectivity index (χ2n) is 11.4. The van der Waals surface area contributed by atoms with Crippen LogP contribution in [0.4, 0.5) is 0 Å². The van der Waals surface area contributed by atoms with E-state index < -0.39 is 65.7 Å². The molecule has 0 saturated carbocycles. The largest absolute Gasteiger partial charge is 0.480 e. The summed E-state index contributed by atoms with van der Waals surface area (Å²) in [6.45, 7) is 2.36. The predicted octanol–water partition coefficient (Wildman–Crippen LogP) is -3.88. The Morgan fingerprint density at radius 1 is 0.583 bits per heavy atom. The van der Waals surface area contributed by atoms with Crippen molar-refractivity contribution in [2.75, 3.05) is 32.7 Å².